The van der Waals surface area contributed by atoms with Gasteiger partial charge in [0.25, 0.3) is 0 Å². The molecule has 4 rings (SSSR count). The molecular formula is C20H22N4O2S. The molecule has 1 amide bonds. The van der Waals surface area contributed by atoms with Gasteiger partial charge in [-0.25, -0.2) is 0 Å². The SMILES string of the molecule is CCc1ccccc1NC(=O)CSc1nnc(C2CC2)n1Cc1ccco1. The summed E-state index contributed by atoms with van der Waals surface area (Å²) in [5.74, 6) is 2.58. The molecule has 1 aliphatic rings. The minimum atomic E-state index is -0.0404. The van der Waals surface area contributed by atoms with Gasteiger partial charge in [-0.05, 0) is 43.0 Å². The Labute approximate surface area is 162 Å². The van der Waals surface area contributed by atoms with E-state index in [0.717, 1.165) is 47.3 Å². The monoisotopic (exact) mass is 382 g/mol. The molecule has 1 aliphatic carbocycles. The van der Waals surface area contributed by atoms with E-state index in [1.807, 2.05) is 36.4 Å². The lowest BCUT2D eigenvalue weighted by Gasteiger charge is -2.10. The summed E-state index contributed by atoms with van der Waals surface area (Å²) < 4.78 is 7.56. The van der Waals surface area contributed by atoms with Gasteiger partial charge in [0.15, 0.2) is 5.16 Å². The zero-order chi connectivity index (χ0) is 18.6. The number of aromatic nitrogens is 3. The maximum atomic E-state index is 12.4. The van der Waals surface area contributed by atoms with Crippen LogP contribution < -0.4 is 5.32 Å². The van der Waals surface area contributed by atoms with Crippen molar-refractivity contribution in [1.82, 2.24) is 14.8 Å². The van der Waals surface area contributed by atoms with Crippen molar-refractivity contribution in [2.75, 3.05) is 11.1 Å². The van der Waals surface area contributed by atoms with E-state index < -0.39 is 0 Å². The van der Waals surface area contributed by atoms with Gasteiger partial charge < -0.3 is 9.73 Å². The van der Waals surface area contributed by atoms with Gasteiger partial charge in [0.2, 0.25) is 5.91 Å². The topological polar surface area (TPSA) is 73.0 Å². The fourth-order valence-electron chi connectivity index (χ4n) is 3.02. The van der Waals surface area contributed by atoms with E-state index in [1.165, 1.54) is 11.8 Å². The molecule has 0 atom stereocenters. The van der Waals surface area contributed by atoms with E-state index in [2.05, 4.69) is 27.0 Å². The Kier molecular flexibility index (Phi) is 5.29. The van der Waals surface area contributed by atoms with Gasteiger partial charge in [0.1, 0.15) is 11.6 Å². The molecule has 140 valence electrons. The molecule has 0 unspecified atom stereocenters. The first-order valence-corrected chi connectivity index (χ1v) is 10.2. The first-order valence-electron chi connectivity index (χ1n) is 9.20. The molecule has 0 saturated heterocycles. The molecule has 1 N–H and O–H groups in total. The van der Waals surface area contributed by atoms with E-state index in [-0.39, 0.29) is 5.91 Å². The molecule has 2 heterocycles. The van der Waals surface area contributed by atoms with Crippen LogP contribution in [0.2, 0.25) is 0 Å². The normalized spacial score (nSPS) is 13.7. The standard InChI is InChI=1S/C20H22N4O2S/c1-2-14-6-3-4-8-17(14)21-18(25)13-27-20-23-22-19(15-9-10-15)24(20)12-16-7-5-11-26-16/h3-8,11,15H,2,9-10,12-13H2,1H3,(H,21,25). The third-order valence-corrected chi connectivity index (χ3v) is 5.55. The van der Waals surface area contributed by atoms with Gasteiger partial charge in [-0.1, -0.05) is 36.9 Å². The van der Waals surface area contributed by atoms with Crippen LogP contribution in [-0.4, -0.2) is 26.4 Å². The molecule has 1 aromatic carbocycles. The van der Waals surface area contributed by atoms with Crippen LogP contribution in [0.15, 0.2) is 52.2 Å². The second-order valence-electron chi connectivity index (χ2n) is 6.63. The maximum absolute atomic E-state index is 12.4. The minimum absolute atomic E-state index is 0.0404. The lowest BCUT2D eigenvalue weighted by Crippen LogP contribution is -2.16. The van der Waals surface area contributed by atoms with Crippen LogP contribution in [0, 0.1) is 0 Å². The summed E-state index contributed by atoms with van der Waals surface area (Å²) in [6, 6.07) is 11.7. The van der Waals surface area contributed by atoms with Crippen molar-refractivity contribution < 1.29 is 9.21 Å². The maximum Gasteiger partial charge on any atom is 0.234 e. The number of hydrogen-bond donors (Lipinski definition) is 1. The second-order valence-corrected chi connectivity index (χ2v) is 7.57. The molecule has 0 spiro atoms. The zero-order valence-electron chi connectivity index (χ0n) is 15.2. The molecular weight excluding hydrogens is 360 g/mol. The van der Waals surface area contributed by atoms with Crippen molar-refractivity contribution in [3.05, 3.63) is 59.8 Å². The molecule has 27 heavy (non-hydrogen) atoms. The van der Waals surface area contributed by atoms with Gasteiger partial charge in [-0.3, -0.25) is 9.36 Å². The van der Waals surface area contributed by atoms with E-state index in [9.17, 15) is 4.79 Å². The number of furan rings is 1. The smallest absolute Gasteiger partial charge is 0.234 e. The number of nitrogens with zero attached hydrogens (tertiary/aromatic N) is 3. The van der Waals surface area contributed by atoms with Crippen LogP contribution in [0.3, 0.4) is 0 Å². The van der Waals surface area contributed by atoms with Gasteiger partial charge >= 0.3 is 0 Å². The predicted octanol–water partition coefficient (Wildman–Crippen LogP) is 4.09. The van der Waals surface area contributed by atoms with Crippen molar-refractivity contribution in [2.45, 2.75) is 43.8 Å². The Morgan fingerprint density at radius 2 is 2.11 bits per heavy atom. The summed E-state index contributed by atoms with van der Waals surface area (Å²) in [4.78, 5) is 12.4. The number of thioether (sulfide) groups is 1. The summed E-state index contributed by atoms with van der Waals surface area (Å²) in [6.07, 6.45) is 4.85. The fourth-order valence-corrected chi connectivity index (χ4v) is 3.77. The Balaban J connectivity index is 1.44. The highest BCUT2D eigenvalue weighted by Gasteiger charge is 2.30. The van der Waals surface area contributed by atoms with Crippen LogP contribution in [-0.2, 0) is 17.8 Å². The van der Waals surface area contributed by atoms with E-state index in [4.69, 9.17) is 4.42 Å². The molecule has 0 radical (unpaired) electrons. The summed E-state index contributed by atoms with van der Waals surface area (Å²) in [5.41, 5.74) is 2.01. The highest BCUT2D eigenvalue weighted by molar-refractivity contribution is 7.99. The van der Waals surface area contributed by atoms with Crippen molar-refractivity contribution in [1.29, 1.82) is 0 Å². The number of carbonyl (C=O) groups is 1. The summed E-state index contributed by atoms with van der Waals surface area (Å²) in [7, 11) is 0. The number of benzene rings is 1. The first-order chi connectivity index (χ1) is 13.2. The van der Waals surface area contributed by atoms with E-state index in [1.54, 1.807) is 6.26 Å². The molecule has 3 aromatic rings. The van der Waals surface area contributed by atoms with Crippen LogP contribution in [0.4, 0.5) is 5.69 Å². The first kappa shape index (κ1) is 17.9. The average Bonchev–Trinajstić information content (AvgIpc) is 3.24. The minimum Gasteiger partial charge on any atom is -0.467 e. The van der Waals surface area contributed by atoms with Crippen LogP contribution in [0.25, 0.3) is 0 Å². The molecule has 6 nitrogen and oxygen atoms in total. The van der Waals surface area contributed by atoms with Gasteiger partial charge in [0, 0.05) is 11.6 Å². The molecule has 0 aliphatic heterocycles. The number of aryl methyl sites for hydroxylation is 1. The third-order valence-electron chi connectivity index (χ3n) is 4.59. The summed E-state index contributed by atoms with van der Waals surface area (Å²) in [6.45, 7) is 2.67. The predicted molar refractivity (Wildman–Crippen MR) is 105 cm³/mol. The van der Waals surface area contributed by atoms with Gasteiger partial charge in [-0.2, -0.15) is 0 Å². The van der Waals surface area contributed by atoms with Crippen molar-refractivity contribution in [3.63, 3.8) is 0 Å². The van der Waals surface area contributed by atoms with E-state index >= 15 is 0 Å². The van der Waals surface area contributed by atoms with E-state index in [0.29, 0.717) is 18.2 Å². The number of rotatable bonds is 8. The van der Waals surface area contributed by atoms with Crippen LogP contribution in [0.5, 0.6) is 0 Å². The number of para-hydroxylation sites is 1. The summed E-state index contributed by atoms with van der Waals surface area (Å²) in [5, 5.41) is 12.5. The third kappa shape index (κ3) is 4.24. The quantitative estimate of drug-likeness (QED) is 0.594. The Bertz CT molecular complexity index is 916. The number of amides is 1. The highest BCUT2D eigenvalue weighted by Crippen LogP contribution is 2.40. The second kappa shape index (κ2) is 8.00. The number of carbonyl (C=O) groups excluding carboxylic acids is 1. The number of nitrogens with one attached hydrogen (secondary N) is 1. The fraction of sp³-hybridized carbons (Fsp3) is 0.350. The zero-order valence-corrected chi connectivity index (χ0v) is 16.0. The van der Waals surface area contributed by atoms with Crippen molar-refractivity contribution in [2.24, 2.45) is 0 Å². The van der Waals surface area contributed by atoms with Crippen molar-refractivity contribution in [3.8, 4) is 0 Å². The van der Waals surface area contributed by atoms with Crippen molar-refractivity contribution >= 4 is 23.4 Å². The number of anilines is 1. The lowest BCUT2D eigenvalue weighted by molar-refractivity contribution is -0.113. The average molecular weight is 382 g/mol. The Morgan fingerprint density at radius 3 is 2.85 bits per heavy atom. The molecule has 1 saturated carbocycles. The molecule has 2 aromatic heterocycles. The van der Waals surface area contributed by atoms with Gasteiger partial charge in [-0.15, -0.1) is 10.2 Å². The lowest BCUT2D eigenvalue weighted by atomic mass is 10.1. The Hall–Kier alpha value is -2.54. The van der Waals surface area contributed by atoms with Crippen LogP contribution >= 0.6 is 11.8 Å². The highest BCUT2D eigenvalue weighted by atomic mass is 32.2. The molecule has 1 fully saturated rings. The largest absolute Gasteiger partial charge is 0.467 e. The van der Waals surface area contributed by atoms with Gasteiger partial charge in [0.05, 0.1) is 18.6 Å². The molecule has 7 heteroatoms. The summed E-state index contributed by atoms with van der Waals surface area (Å²) >= 11 is 1.41. The Morgan fingerprint density at radius 1 is 1.26 bits per heavy atom. The number of hydrogen-bond acceptors (Lipinski definition) is 5. The van der Waals surface area contributed by atoms with Crippen LogP contribution in [0.1, 0.15) is 42.8 Å². The molecule has 0 bridgehead atoms.